The SMILES string of the molecule is CCCN1CCc2c(c(CN(CC)C(=O)c3cccc([N+](=O)[O-])c3)nn2-c2cccc(Cl)c2)C1. The predicted molar refractivity (Wildman–Crippen MR) is 131 cm³/mol. The molecule has 0 aliphatic carbocycles. The first-order valence-corrected chi connectivity index (χ1v) is 11.9. The van der Waals surface area contributed by atoms with Gasteiger partial charge in [-0.05, 0) is 44.2 Å². The molecule has 0 saturated heterocycles. The maximum Gasteiger partial charge on any atom is 0.270 e. The molecular weight excluding hydrogens is 454 g/mol. The molecule has 0 unspecified atom stereocenters. The fraction of sp³-hybridized carbons (Fsp3) is 0.360. The van der Waals surface area contributed by atoms with Crippen molar-refractivity contribution >= 4 is 23.2 Å². The molecule has 4 rings (SSSR count). The van der Waals surface area contributed by atoms with Gasteiger partial charge < -0.3 is 4.90 Å². The van der Waals surface area contributed by atoms with Crippen molar-refractivity contribution < 1.29 is 9.72 Å². The van der Waals surface area contributed by atoms with Crippen LogP contribution in [0.3, 0.4) is 0 Å². The molecule has 1 amide bonds. The summed E-state index contributed by atoms with van der Waals surface area (Å²) in [5.41, 5.74) is 4.23. The fourth-order valence-corrected chi connectivity index (χ4v) is 4.62. The van der Waals surface area contributed by atoms with Crippen molar-refractivity contribution in [1.29, 1.82) is 0 Å². The summed E-state index contributed by atoms with van der Waals surface area (Å²) in [6.07, 6.45) is 1.93. The van der Waals surface area contributed by atoms with Gasteiger partial charge in [-0.2, -0.15) is 5.10 Å². The molecule has 2 aromatic carbocycles. The lowest BCUT2D eigenvalue weighted by molar-refractivity contribution is -0.384. The number of nitro groups is 1. The van der Waals surface area contributed by atoms with Crippen LogP contribution in [0.4, 0.5) is 5.69 Å². The van der Waals surface area contributed by atoms with E-state index in [9.17, 15) is 14.9 Å². The van der Waals surface area contributed by atoms with Crippen molar-refractivity contribution in [2.75, 3.05) is 19.6 Å². The van der Waals surface area contributed by atoms with Gasteiger partial charge in [0.1, 0.15) is 0 Å². The molecule has 3 aromatic rings. The Hall–Kier alpha value is -3.23. The number of nitro benzene ring substituents is 1. The highest BCUT2D eigenvalue weighted by atomic mass is 35.5. The Kier molecular flexibility index (Phi) is 7.29. The Labute approximate surface area is 203 Å². The molecule has 178 valence electrons. The Morgan fingerprint density at radius 2 is 2.00 bits per heavy atom. The number of carbonyl (C=O) groups excluding carboxylic acids is 1. The number of benzene rings is 2. The number of carbonyl (C=O) groups is 1. The minimum Gasteiger partial charge on any atom is -0.333 e. The van der Waals surface area contributed by atoms with E-state index in [0.717, 1.165) is 55.1 Å². The van der Waals surface area contributed by atoms with Gasteiger partial charge in [0.2, 0.25) is 0 Å². The molecule has 9 heteroatoms. The lowest BCUT2D eigenvalue weighted by atomic mass is 10.0. The molecule has 0 radical (unpaired) electrons. The van der Waals surface area contributed by atoms with Crippen molar-refractivity contribution in [3.05, 3.63) is 86.2 Å². The van der Waals surface area contributed by atoms with Crippen LogP contribution in [0, 0.1) is 10.1 Å². The molecule has 1 aliphatic rings. The number of hydrogen-bond acceptors (Lipinski definition) is 5. The third-order valence-corrected chi connectivity index (χ3v) is 6.36. The summed E-state index contributed by atoms with van der Waals surface area (Å²) in [5.74, 6) is -0.251. The minimum atomic E-state index is -0.488. The fourth-order valence-electron chi connectivity index (χ4n) is 4.44. The molecule has 8 nitrogen and oxygen atoms in total. The summed E-state index contributed by atoms with van der Waals surface area (Å²) in [6.45, 7) is 7.60. The van der Waals surface area contributed by atoms with Gasteiger partial charge in [0.25, 0.3) is 11.6 Å². The average Bonchev–Trinajstić information content (AvgIpc) is 3.20. The molecule has 2 heterocycles. The maximum atomic E-state index is 13.3. The first-order chi connectivity index (χ1) is 16.4. The van der Waals surface area contributed by atoms with E-state index in [4.69, 9.17) is 16.7 Å². The number of aromatic nitrogens is 2. The molecular formula is C25H28ClN5O3. The second kappa shape index (κ2) is 10.4. The highest BCUT2D eigenvalue weighted by molar-refractivity contribution is 6.30. The van der Waals surface area contributed by atoms with Crippen molar-refractivity contribution in [3.8, 4) is 5.69 Å². The summed E-state index contributed by atoms with van der Waals surface area (Å²) in [7, 11) is 0. The third-order valence-electron chi connectivity index (χ3n) is 6.13. The average molecular weight is 482 g/mol. The van der Waals surface area contributed by atoms with E-state index in [1.165, 1.54) is 18.2 Å². The van der Waals surface area contributed by atoms with Gasteiger partial charge in [0.15, 0.2) is 0 Å². The lowest BCUT2D eigenvalue weighted by Gasteiger charge is -2.28. The standard InChI is InChI=1S/C25H28ClN5O3/c1-3-12-28-13-11-24-22(16-28)23(27-30(24)20-9-6-8-19(26)15-20)17-29(4-2)25(32)18-7-5-10-21(14-18)31(33)34/h5-10,14-15H,3-4,11-13,16-17H2,1-2H3. The van der Waals surface area contributed by atoms with Crippen LogP contribution in [-0.4, -0.2) is 50.0 Å². The van der Waals surface area contributed by atoms with Crippen molar-refractivity contribution in [1.82, 2.24) is 19.6 Å². The van der Waals surface area contributed by atoms with E-state index in [-0.39, 0.29) is 11.6 Å². The van der Waals surface area contributed by atoms with Gasteiger partial charge in [-0.1, -0.05) is 30.7 Å². The summed E-state index contributed by atoms with van der Waals surface area (Å²) >= 11 is 6.25. The number of rotatable bonds is 8. The maximum absolute atomic E-state index is 13.3. The van der Waals surface area contributed by atoms with Crippen molar-refractivity contribution in [2.45, 2.75) is 39.8 Å². The molecule has 0 atom stereocenters. The number of fused-ring (bicyclic) bond motifs is 1. The summed E-state index contributed by atoms with van der Waals surface area (Å²) < 4.78 is 1.95. The number of hydrogen-bond donors (Lipinski definition) is 0. The summed E-state index contributed by atoms with van der Waals surface area (Å²) in [4.78, 5) is 28.0. The van der Waals surface area contributed by atoms with E-state index in [0.29, 0.717) is 23.7 Å². The Bertz CT molecular complexity index is 1210. The Morgan fingerprint density at radius 1 is 1.21 bits per heavy atom. The zero-order valence-corrected chi connectivity index (χ0v) is 20.2. The molecule has 0 fully saturated rings. The van der Waals surface area contributed by atoms with Crippen molar-refractivity contribution in [2.24, 2.45) is 0 Å². The van der Waals surface area contributed by atoms with Gasteiger partial charge in [0, 0.05) is 54.3 Å². The third kappa shape index (κ3) is 4.98. The van der Waals surface area contributed by atoms with E-state index < -0.39 is 4.92 Å². The predicted octanol–water partition coefficient (Wildman–Crippen LogP) is 4.86. The monoisotopic (exact) mass is 481 g/mol. The largest absolute Gasteiger partial charge is 0.333 e. The quantitative estimate of drug-likeness (QED) is 0.338. The lowest BCUT2D eigenvalue weighted by Crippen LogP contribution is -2.33. The molecule has 1 aliphatic heterocycles. The smallest absolute Gasteiger partial charge is 0.270 e. The van der Waals surface area contributed by atoms with Crippen LogP contribution in [0.25, 0.3) is 5.69 Å². The zero-order valence-electron chi connectivity index (χ0n) is 19.4. The minimum absolute atomic E-state index is 0.0975. The van der Waals surface area contributed by atoms with E-state index in [2.05, 4.69) is 11.8 Å². The highest BCUT2D eigenvalue weighted by Gasteiger charge is 2.27. The highest BCUT2D eigenvalue weighted by Crippen LogP contribution is 2.28. The first-order valence-electron chi connectivity index (χ1n) is 11.5. The number of amides is 1. The van der Waals surface area contributed by atoms with Gasteiger partial charge in [-0.15, -0.1) is 0 Å². The van der Waals surface area contributed by atoms with E-state index in [1.54, 1.807) is 11.0 Å². The normalized spacial score (nSPS) is 13.5. The molecule has 0 saturated carbocycles. The molecule has 0 N–H and O–H groups in total. The molecule has 34 heavy (non-hydrogen) atoms. The van der Waals surface area contributed by atoms with Gasteiger partial charge >= 0.3 is 0 Å². The number of non-ortho nitro benzene ring substituents is 1. The van der Waals surface area contributed by atoms with Crippen LogP contribution in [0.1, 0.15) is 47.6 Å². The Balaban J connectivity index is 1.69. The first kappa shape index (κ1) is 23.9. The molecule has 0 bridgehead atoms. The van der Waals surface area contributed by atoms with E-state index in [1.807, 2.05) is 35.9 Å². The van der Waals surface area contributed by atoms with Crippen molar-refractivity contribution in [3.63, 3.8) is 0 Å². The topological polar surface area (TPSA) is 84.5 Å². The van der Waals surface area contributed by atoms with E-state index >= 15 is 0 Å². The number of nitrogens with zero attached hydrogens (tertiary/aromatic N) is 5. The number of halogens is 1. The van der Waals surface area contributed by atoms with Crippen LogP contribution in [0.5, 0.6) is 0 Å². The van der Waals surface area contributed by atoms with Crippen LogP contribution in [0.15, 0.2) is 48.5 Å². The second-order valence-electron chi connectivity index (χ2n) is 8.42. The second-order valence-corrected chi connectivity index (χ2v) is 8.85. The summed E-state index contributed by atoms with van der Waals surface area (Å²) in [5, 5.41) is 16.7. The van der Waals surface area contributed by atoms with Gasteiger partial charge in [-0.25, -0.2) is 4.68 Å². The summed E-state index contributed by atoms with van der Waals surface area (Å²) in [6, 6.07) is 13.5. The van der Waals surface area contributed by atoms with Gasteiger partial charge in [0.05, 0.1) is 28.5 Å². The van der Waals surface area contributed by atoms with Crippen LogP contribution >= 0.6 is 11.6 Å². The molecule has 0 spiro atoms. The zero-order chi connectivity index (χ0) is 24.2. The van der Waals surface area contributed by atoms with Crippen LogP contribution < -0.4 is 0 Å². The molecule has 1 aromatic heterocycles. The Morgan fingerprint density at radius 3 is 2.71 bits per heavy atom. The van der Waals surface area contributed by atoms with Gasteiger partial charge in [-0.3, -0.25) is 19.8 Å². The van der Waals surface area contributed by atoms with Crippen LogP contribution in [0.2, 0.25) is 5.02 Å². The van der Waals surface area contributed by atoms with Crippen LogP contribution in [-0.2, 0) is 19.5 Å².